The molecule has 0 aliphatic heterocycles. The molecule has 0 N–H and O–H groups in total. The van der Waals surface area contributed by atoms with Gasteiger partial charge in [-0.05, 0) is 0 Å². The third-order valence-electron chi connectivity index (χ3n) is 0.344. The highest BCUT2D eigenvalue weighted by Crippen LogP contribution is 1.72. The zero-order valence-electron chi connectivity index (χ0n) is 3.50. The molecule has 4 heteroatoms. The minimum Gasteiger partial charge on any atom is -0.264 e. The van der Waals surface area contributed by atoms with Gasteiger partial charge in [0.2, 0.25) is 6.54 Å². The number of hydrogen-bond donors (Lipinski definition) is 0. The third-order valence-corrected chi connectivity index (χ3v) is 0.344. The normalized spacial score (nSPS) is 9.86. The van der Waals surface area contributed by atoms with E-state index in [2.05, 4.69) is 0 Å². The van der Waals surface area contributed by atoms with Crippen LogP contribution in [0.5, 0.6) is 0 Å². The zero-order chi connectivity index (χ0) is 5.70. The molecule has 0 fully saturated rings. The summed E-state index contributed by atoms with van der Waals surface area (Å²) in [4.78, 5) is 8.73. The highest BCUT2D eigenvalue weighted by Gasteiger charge is 1.84. The van der Waals surface area contributed by atoms with Crippen LogP contribution in [0.15, 0.2) is 12.4 Å². The number of rotatable bonds is 2. The highest BCUT2D eigenvalue weighted by atomic mass is 19.1. The van der Waals surface area contributed by atoms with Gasteiger partial charge >= 0.3 is 0 Å². The van der Waals surface area contributed by atoms with E-state index in [4.69, 9.17) is 0 Å². The van der Waals surface area contributed by atoms with Crippen molar-refractivity contribution >= 4 is 0 Å². The molecule has 0 aliphatic carbocycles. The predicted octanol–water partition coefficient (Wildman–Crippen LogP) is 0.746. The Morgan fingerprint density at radius 3 is 2.57 bits per heavy atom. The fourth-order valence-electron chi connectivity index (χ4n) is 0.126. The second kappa shape index (κ2) is 3.27. The Kier molecular flexibility index (Phi) is 2.83. The first-order chi connectivity index (χ1) is 3.27. The van der Waals surface area contributed by atoms with Crippen LogP contribution in [0, 0.1) is 10.1 Å². The van der Waals surface area contributed by atoms with E-state index < -0.39 is 11.5 Å². The molecule has 0 spiro atoms. The predicted molar refractivity (Wildman–Crippen MR) is 22.1 cm³/mol. The quantitative estimate of drug-likeness (QED) is 0.384. The number of nitro groups is 1. The van der Waals surface area contributed by atoms with Gasteiger partial charge in [0.1, 0.15) is 0 Å². The summed E-state index contributed by atoms with van der Waals surface area (Å²) in [5.74, 6) is 0. The van der Waals surface area contributed by atoms with Crippen LogP contribution in [0.3, 0.4) is 0 Å². The number of hydrogen-bond acceptors (Lipinski definition) is 2. The van der Waals surface area contributed by atoms with Crippen LogP contribution in [0.2, 0.25) is 0 Å². The highest BCUT2D eigenvalue weighted by molar-refractivity contribution is 4.69. The Morgan fingerprint density at radius 1 is 1.86 bits per heavy atom. The molecule has 0 rings (SSSR count). The summed E-state index contributed by atoms with van der Waals surface area (Å²) in [6.07, 6.45) is 0.989. The van der Waals surface area contributed by atoms with Crippen molar-refractivity contribution in [3.05, 3.63) is 22.5 Å². The summed E-state index contributed by atoms with van der Waals surface area (Å²) in [6.45, 7) is -0.434. The first-order valence-corrected chi connectivity index (χ1v) is 1.64. The molecule has 40 valence electrons. The van der Waals surface area contributed by atoms with E-state index in [1.165, 1.54) is 0 Å². The Labute approximate surface area is 39.6 Å². The Balaban J connectivity index is 3.14. The molecule has 0 aromatic carbocycles. The molecule has 0 aromatic rings. The smallest absolute Gasteiger partial charge is 0.224 e. The first kappa shape index (κ1) is 6.07. The second-order valence-corrected chi connectivity index (χ2v) is 0.877. The fourth-order valence-corrected chi connectivity index (χ4v) is 0.126. The minimum atomic E-state index is -0.615. The van der Waals surface area contributed by atoms with Crippen molar-refractivity contribution < 1.29 is 9.31 Å². The second-order valence-electron chi connectivity index (χ2n) is 0.877. The van der Waals surface area contributed by atoms with Crippen LogP contribution in [0.25, 0.3) is 0 Å². The van der Waals surface area contributed by atoms with Gasteiger partial charge in [-0.3, -0.25) is 10.1 Å². The van der Waals surface area contributed by atoms with Gasteiger partial charge in [0, 0.05) is 11.0 Å². The lowest BCUT2D eigenvalue weighted by molar-refractivity contribution is -0.468. The van der Waals surface area contributed by atoms with Crippen molar-refractivity contribution in [2.45, 2.75) is 0 Å². The largest absolute Gasteiger partial charge is 0.264 e. The molecule has 0 unspecified atom stereocenters. The maximum Gasteiger partial charge on any atom is 0.224 e. The van der Waals surface area contributed by atoms with Crippen molar-refractivity contribution in [2.75, 3.05) is 6.54 Å². The average Bonchev–Trinajstić information content (AvgIpc) is 1.61. The van der Waals surface area contributed by atoms with Gasteiger partial charge in [-0.2, -0.15) is 0 Å². The molecule has 0 amide bonds. The van der Waals surface area contributed by atoms with Crippen molar-refractivity contribution in [2.24, 2.45) is 0 Å². The molecular formula is C3H4FNO2. The molecule has 0 radical (unpaired) electrons. The van der Waals surface area contributed by atoms with E-state index >= 15 is 0 Å². The maximum absolute atomic E-state index is 10.9. The molecule has 7 heavy (non-hydrogen) atoms. The van der Waals surface area contributed by atoms with Crippen molar-refractivity contribution in [1.29, 1.82) is 0 Å². The summed E-state index contributed by atoms with van der Waals surface area (Å²) in [7, 11) is 0. The van der Waals surface area contributed by atoms with Gasteiger partial charge < -0.3 is 0 Å². The molecule has 0 saturated carbocycles. The van der Waals surface area contributed by atoms with Gasteiger partial charge in [0.25, 0.3) is 0 Å². The molecule has 0 saturated heterocycles. The van der Waals surface area contributed by atoms with Gasteiger partial charge in [-0.25, -0.2) is 4.39 Å². The zero-order valence-corrected chi connectivity index (χ0v) is 3.50. The first-order valence-electron chi connectivity index (χ1n) is 1.64. The van der Waals surface area contributed by atoms with Crippen LogP contribution in [-0.4, -0.2) is 11.5 Å². The molecule has 0 heterocycles. The summed E-state index contributed by atoms with van der Waals surface area (Å²) < 4.78 is 10.9. The van der Waals surface area contributed by atoms with Gasteiger partial charge in [0.15, 0.2) is 0 Å². The lowest BCUT2D eigenvalue weighted by atomic mass is 10.6. The van der Waals surface area contributed by atoms with E-state index in [1.807, 2.05) is 0 Å². The van der Waals surface area contributed by atoms with Crippen LogP contribution < -0.4 is 0 Å². The van der Waals surface area contributed by atoms with Gasteiger partial charge in [-0.15, -0.1) is 0 Å². The van der Waals surface area contributed by atoms with Crippen molar-refractivity contribution in [1.82, 2.24) is 0 Å². The van der Waals surface area contributed by atoms with E-state index in [1.54, 1.807) is 0 Å². The Bertz CT molecular complexity index is 90.9. The lowest BCUT2D eigenvalue weighted by Crippen LogP contribution is -1.94. The van der Waals surface area contributed by atoms with E-state index in [-0.39, 0.29) is 6.33 Å². The van der Waals surface area contributed by atoms with Crippen LogP contribution in [-0.2, 0) is 0 Å². The summed E-state index contributed by atoms with van der Waals surface area (Å²) in [5, 5.41) is 9.35. The van der Waals surface area contributed by atoms with Gasteiger partial charge in [0.05, 0.1) is 6.33 Å². The summed E-state index contributed by atoms with van der Waals surface area (Å²) >= 11 is 0. The Hall–Kier alpha value is -0.930. The molecular weight excluding hydrogens is 101 g/mol. The average molecular weight is 105 g/mol. The fraction of sp³-hybridized carbons (Fsp3) is 0.333. The topological polar surface area (TPSA) is 43.1 Å². The third kappa shape index (κ3) is 5.07. The van der Waals surface area contributed by atoms with E-state index in [0.29, 0.717) is 0 Å². The van der Waals surface area contributed by atoms with Crippen LogP contribution >= 0.6 is 0 Å². The molecule has 0 bridgehead atoms. The van der Waals surface area contributed by atoms with Crippen molar-refractivity contribution in [3.8, 4) is 0 Å². The lowest BCUT2D eigenvalue weighted by Gasteiger charge is -1.77. The SMILES string of the molecule is O=[N+]([O-])CC=CF. The summed E-state index contributed by atoms with van der Waals surface area (Å²) in [6, 6.07) is 0. The van der Waals surface area contributed by atoms with Crippen LogP contribution in [0.1, 0.15) is 0 Å². The van der Waals surface area contributed by atoms with Crippen molar-refractivity contribution in [3.63, 3.8) is 0 Å². The Morgan fingerprint density at radius 2 is 2.43 bits per heavy atom. The standard InChI is InChI=1S/C3H4FNO2/c4-2-1-3-5(6)7/h1-2H,3H2. The van der Waals surface area contributed by atoms with Crippen LogP contribution in [0.4, 0.5) is 4.39 Å². The molecule has 3 nitrogen and oxygen atoms in total. The minimum absolute atomic E-state index is 0.156. The number of halogens is 1. The molecule has 0 atom stereocenters. The van der Waals surface area contributed by atoms with E-state index in [0.717, 1.165) is 6.08 Å². The number of nitrogens with zero attached hydrogens (tertiary/aromatic N) is 1. The molecule has 0 aliphatic rings. The molecule has 0 aromatic heterocycles. The summed E-state index contributed by atoms with van der Waals surface area (Å²) in [5.41, 5.74) is 0. The monoisotopic (exact) mass is 105 g/mol. The van der Waals surface area contributed by atoms with Gasteiger partial charge in [-0.1, -0.05) is 0 Å². The maximum atomic E-state index is 10.9. The van der Waals surface area contributed by atoms with E-state index in [9.17, 15) is 14.5 Å².